The number of hydrogen-bond donors (Lipinski definition) is 1. The summed E-state index contributed by atoms with van der Waals surface area (Å²) < 4.78 is 7.00. The van der Waals surface area contributed by atoms with Gasteiger partial charge in [-0.05, 0) is 37.1 Å². The molecule has 2 aromatic heterocycles. The number of rotatable bonds is 3. The van der Waals surface area contributed by atoms with Crippen LogP contribution in [0, 0.1) is 13.8 Å². The van der Waals surface area contributed by atoms with Crippen LogP contribution in [0.25, 0.3) is 11.0 Å². The van der Waals surface area contributed by atoms with Crippen molar-refractivity contribution in [1.82, 2.24) is 9.97 Å². The highest BCUT2D eigenvalue weighted by Crippen LogP contribution is 2.27. The standard InChI is InChI=1S/C16H15BrN2O/c1-10-11(2)19-16-14(7-8-18-15(10)16)20-9-12-3-5-13(17)6-4-12/h3-8,19H,9H2,1-2H3. The summed E-state index contributed by atoms with van der Waals surface area (Å²) in [6.07, 6.45) is 1.79. The van der Waals surface area contributed by atoms with Gasteiger partial charge in [-0.3, -0.25) is 4.98 Å². The van der Waals surface area contributed by atoms with E-state index in [-0.39, 0.29) is 0 Å². The summed E-state index contributed by atoms with van der Waals surface area (Å²) in [4.78, 5) is 7.76. The maximum atomic E-state index is 5.93. The van der Waals surface area contributed by atoms with Crippen molar-refractivity contribution in [2.24, 2.45) is 0 Å². The number of aromatic amines is 1. The number of hydrogen-bond acceptors (Lipinski definition) is 2. The number of benzene rings is 1. The number of nitrogens with one attached hydrogen (secondary N) is 1. The lowest BCUT2D eigenvalue weighted by Crippen LogP contribution is -1.96. The Balaban J connectivity index is 1.87. The van der Waals surface area contributed by atoms with Crippen molar-refractivity contribution in [2.45, 2.75) is 20.5 Å². The smallest absolute Gasteiger partial charge is 0.147 e. The molecule has 4 heteroatoms. The molecule has 0 amide bonds. The molecule has 0 fully saturated rings. The first kappa shape index (κ1) is 13.2. The van der Waals surface area contributed by atoms with Crippen LogP contribution in [-0.2, 0) is 6.61 Å². The Labute approximate surface area is 126 Å². The highest BCUT2D eigenvalue weighted by atomic mass is 79.9. The fraction of sp³-hybridized carbons (Fsp3) is 0.188. The summed E-state index contributed by atoms with van der Waals surface area (Å²) >= 11 is 3.43. The van der Waals surface area contributed by atoms with Crippen molar-refractivity contribution in [1.29, 1.82) is 0 Å². The third kappa shape index (κ3) is 2.43. The van der Waals surface area contributed by atoms with Gasteiger partial charge in [0.25, 0.3) is 0 Å². The van der Waals surface area contributed by atoms with Gasteiger partial charge in [0, 0.05) is 22.4 Å². The number of halogens is 1. The van der Waals surface area contributed by atoms with E-state index < -0.39 is 0 Å². The maximum absolute atomic E-state index is 5.93. The Morgan fingerprint density at radius 3 is 2.65 bits per heavy atom. The Bertz CT molecular complexity index is 747. The molecule has 1 N–H and O–H groups in total. The van der Waals surface area contributed by atoms with Crippen molar-refractivity contribution in [3.05, 3.63) is 57.8 Å². The maximum Gasteiger partial charge on any atom is 0.147 e. The molecular formula is C16H15BrN2O. The Morgan fingerprint density at radius 1 is 1.15 bits per heavy atom. The largest absolute Gasteiger partial charge is 0.487 e. The SMILES string of the molecule is Cc1[nH]c2c(OCc3ccc(Br)cc3)ccnc2c1C. The second-order valence-electron chi connectivity index (χ2n) is 4.82. The van der Waals surface area contributed by atoms with Gasteiger partial charge in [0.2, 0.25) is 0 Å². The first-order valence-corrected chi connectivity index (χ1v) is 7.25. The predicted molar refractivity (Wildman–Crippen MR) is 84.0 cm³/mol. The molecule has 3 aromatic rings. The van der Waals surface area contributed by atoms with Crippen molar-refractivity contribution in [3.63, 3.8) is 0 Å². The van der Waals surface area contributed by atoms with Crippen LogP contribution in [0.3, 0.4) is 0 Å². The summed E-state index contributed by atoms with van der Waals surface area (Å²) in [6.45, 7) is 4.67. The molecule has 3 nitrogen and oxygen atoms in total. The lowest BCUT2D eigenvalue weighted by atomic mass is 10.2. The zero-order valence-electron chi connectivity index (χ0n) is 11.4. The van der Waals surface area contributed by atoms with E-state index in [0.717, 1.165) is 32.5 Å². The number of nitrogens with zero attached hydrogens (tertiary/aromatic N) is 1. The molecule has 3 rings (SSSR count). The quantitative estimate of drug-likeness (QED) is 0.766. The van der Waals surface area contributed by atoms with Crippen LogP contribution in [0.15, 0.2) is 41.0 Å². The first-order valence-electron chi connectivity index (χ1n) is 6.46. The van der Waals surface area contributed by atoms with Crippen molar-refractivity contribution in [3.8, 4) is 5.75 Å². The molecule has 0 aliphatic carbocycles. The predicted octanol–water partition coefficient (Wildman–Crippen LogP) is 4.52. The van der Waals surface area contributed by atoms with Gasteiger partial charge in [0.1, 0.15) is 17.9 Å². The van der Waals surface area contributed by atoms with Crippen LogP contribution in [0.1, 0.15) is 16.8 Å². The normalized spacial score (nSPS) is 10.9. The van der Waals surface area contributed by atoms with Crippen LogP contribution < -0.4 is 4.74 Å². The number of aromatic nitrogens is 2. The van der Waals surface area contributed by atoms with Gasteiger partial charge >= 0.3 is 0 Å². The summed E-state index contributed by atoms with van der Waals surface area (Å²) in [5, 5.41) is 0. The zero-order chi connectivity index (χ0) is 14.1. The van der Waals surface area contributed by atoms with Crippen LogP contribution in [0.2, 0.25) is 0 Å². The lowest BCUT2D eigenvalue weighted by Gasteiger charge is -2.07. The molecule has 1 aromatic carbocycles. The second kappa shape index (κ2) is 5.29. The van der Waals surface area contributed by atoms with Gasteiger partial charge in [-0.25, -0.2) is 0 Å². The Kier molecular flexibility index (Phi) is 3.49. The molecule has 0 saturated carbocycles. The highest BCUT2D eigenvalue weighted by molar-refractivity contribution is 9.10. The molecule has 0 aliphatic rings. The average Bonchev–Trinajstić information content (AvgIpc) is 2.75. The van der Waals surface area contributed by atoms with Crippen LogP contribution in [0.5, 0.6) is 5.75 Å². The monoisotopic (exact) mass is 330 g/mol. The van der Waals surface area contributed by atoms with E-state index in [1.807, 2.05) is 30.3 Å². The van der Waals surface area contributed by atoms with Crippen molar-refractivity contribution >= 4 is 27.0 Å². The van der Waals surface area contributed by atoms with E-state index in [4.69, 9.17) is 4.74 Å². The molecule has 0 bridgehead atoms. The van der Waals surface area contributed by atoms with Gasteiger partial charge in [0.05, 0.1) is 5.52 Å². The molecular weight excluding hydrogens is 316 g/mol. The number of H-pyrrole nitrogens is 1. The van der Waals surface area contributed by atoms with Crippen molar-refractivity contribution < 1.29 is 4.74 Å². The molecule has 2 heterocycles. The molecule has 0 unspecified atom stereocenters. The summed E-state index contributed by atoms with van der Waals surface area (Å²) in [5.41, 5.74) is 5.40. The van der Waals surface area contributed by atoms with Gasteiger partial charge in [-0.15, -0.1) is 0 Å². The van der Waals surface area contributed by atoms with E-state index in [9.17, 15) is 0 Å². The average molecular weight is 331 g/mol. The summed E-state index contributed by atoms with van der Waals surface area (Å²) in [7, 11) is 0. The van der Waals surface area contributed by atoms with E-state index in [1.165, 1.54) is 5.56 Å². The highest BCUT2D eigenvalue weighted by Gasteiger charge is 2.10. The molecule has 0 radical (unpaired) electrons. The molecule has 0 aliphatic heterocycles. The van der Waals surface area contributed by atoms with E-state index in [2.05, 4.69) is 39.7 Å². The van der Waals surface area contributed by atoms with Crippen molar-refractivity contribution in [2.75, 3.05) is 0 Å². The minimum absolute atomic E-state index is 0.545. The topological polar surface area (TPSA) is 37.9 Å². The molecule has 20 heavy (non-hydrogen) atoms. The van der Waals surface area contributed by atoms with Gasteiger partial charge < -0.3 is 9.72 Å². The zero-order valence-corrected chi connectivity index (χ0v) is 13.0. The van der Waals surface area contributed by atoms with Crippen LogP contribution >= 0.6 is 15.9 Å². The minimum Gasteiger partial charge on any atom is -0.487 e. The summed E-state index contributed by atoms with van der Waals surface area (Å²) in [5.74, 6) is 0.842. The van der Waals surface area contributed by atoms with E-state index >= 15 is 0 Å². The molecule has 0 atom stereocenters. The van der Waals surface area contributed by atoms with Gasteiger partial charge in [-0.2, -0.15) is 0 Å². The molecule has 0 spiro atoms. The third-order valence-corrected chi connectivity index (χ3v) is 3.98. The van der Waals surface area contributed by atoms with Gasteiger partial charge in [0.15, 0.2) is 0 Å². The number of aryl methyl sites for hydroxylation is 2. The number of pyridine rings is 1. The molecule has 0 saturated heterocycles. The fourth-order valence-electron chi connectivity index (χ4n) is 2.17. The molecule has 102 valence electrons. The van der Waals surface area contributed by atoms with Crippen LogP contribution in [0.4, 0.5) is 0 Å². The minimum atomic E-state index is 0.545. The van der Waals surface area contributed by atoms with E-state index in [1.54, 1.807) is 6.20 Å². The van der Waals surface area contributed by atoms with Gasteiger partial charge in [-0.1, -0.05) is 28.1 Å². The number of fused-ring (bicyclic) bond motifs is 1. The fourth-order valence-corrected chi connectivity index (χ4v) is 2.43. The third-order valence-electron chi connectivity index (χ3n) is 3.45. The Hall–Kier alpha value is -1.81. The second-order valence-corrected chi connectivity index (χ2v) is 5.74. The first-order chi connectivity index (χ1) is 9.65. The number of ether oxygens (including phenoxy) is 1. The summed E-state index contributed by atoms with van der Waals surface area (Å²) in [6, 6.07) is 10.0. The lowest BCUT2D eigenvalue weighted by molar-refractivity contribution is 0.309. The van der Waals surface area contributed by atoms with E-state index in [0.29, 0.717) is 6.61 Å². The van der Waals surface area contributed by atoms with Crippen LogP contribution in [-0.4, -0.2) is 9.97 Å². The Morgan fingerprint density at radius 2 is 1.90 bits per heavy atom.